The van der Waals surface area contributed by atoms with Crippen LogP contribution in [-0.2, 0) is 19.1 Å². The lowest BCUT2D eigenvalue weighted by Crippen LogP contribution is -2.25. The maximum atomic E-state index is 12.0. The van der Waals surface area contributed by atoms with E-state index in [1.54, 1.807) is 39.0 Å². The first kappa shape index (κ1) is 17.5. The third-order valence-electron chi connectivity index (χ3n) is 3.18. The van der Waals surface area contributed by atoms with Crippen molar-refractivity contribution in [2.24, 2.45) is 5.73 Å². The van der Waals surface area contributed by atoms with Crippen LogP contribution in [0, 0.1) is 0 Å². The predicted octanol–water partition coefficient (Wildman–Crippen LogP) is 1.61. The Morgan fingerprint density at radius 2 is 2.08 bits per heavy atom. The first-order valence-electron chi connectivity index (χ1n) is 7.30. The Balaban J connectivity index is 2.27. The van der Waals surface area contributed by atoms with E-state index in [-0.39, 0.29) is 18.6 Å². The number of ether oxygens (including phenoxy) is 2. The number of rotatable bonds is 6. The zero-order valence-corrected chi connectivity index (χ0v) is 13.7. The van der Waals surface area contributed by atoms with Gasteiger partial charge in [0.25, 0.3) is 12.4 Å². The van der Waals surface area contributed by atoms with E-state index in [0.29, 0.717) is 16.5 Å². The largest absolute Gasteiger partial charge is 0.460 e. The lowest BCUT2D eigenvalue weighted by molar-refractivity contribution is -0.158. The molecule has 1 atom stereocenters. The minimum Gasteiger partial charge on any atom is -0.460 e. The van der Waals surface area contributed by atoms with Gasteiger partial charge in [0.05, 0.1) is 11.9 Å². The van der Waals surface area contributed by atoms with E-state index in [9.17, 15) is 14.4 Å². The summed E-state index contributed by atoms with van der Waals surface area (Å²) in [6, 6.07) is 4.92. The molecule has 1 aromatic heterocycles. The minimum absolute atomic E-state index is 0.122. The van der Waals surface area contributed by atoms with Crippen molar-refractivity contribution in [1.29, 1.82) is 0 Å². The summed E-state index contributed by atoms with van der Waals surface area (Å²) in [6.45, 7) is 5.54. The van der Waals surface area contributed by atoms with E-state index in [0.717, 1.165) is 0 Å². The zero-order chi connectivity index (χ0) is 17.9. The summed E-state index contributed by atoms with van der Waals surface area (Å²) < 4.78 is 10.3. The number of amides is 1. The van der Waals surface area contributed by atoms with Crippen LogP contribution in [0.2, 0.25) is 0 Å². The Bertz CT molecular complexity index is 776. The number of carbonyl (C=O) groups is 3. The normalized spacial score (nSPS) is 12.6. The van der Waals surface area contributed by atoms with Crippen LogP contribution in [0.15, 0.2) is 18.2 Å². The van der Waals surface area contributed by atoms with Gasteiger partial charge >= 0.3 is 5.97 Å². The second-order valence-corrected chi connectivity index (χ2v) is 6.25. The molecule has 24 heavy (non-hydrogen) atoms. The van der Waals surface area contributed by atoms with E-state index in [1.807, 2.05) is 0 Å². The number of aromatic nitrogens is 2. The van der Waals surface area contributed by atoms with Crippen LogP contribution >= 0.6 is 0 Å². The molecule has 1 heterocycles. The average molecular weight is 333 g/mol. The summed E-state index contributed by atoms with van der Waals surface area (Å²) in [5.74, 6) is -1.14. The second-order valence-electron chi connectivity index (χ2n) is 6.25. The topological polar surface area (TPSA) is 124 Å². The standard InChI is InChI=1S/C16H19N3O5/c1-16(2,3)24-13(21)7-12(23-8-20)9-4-5-10-11(6-9)18-19-14(10)15(17)22/h4-6,8,12H,7H2,1-3H3,(H2,17,22)(H,18,19). The molecule has 128 valence electrons. The summed E-state index contributed by atoms with van der Waals surface area (Å²) in [7, 11) is 0. The molecule has 0 saturated heterocycles. The van der Waals surface area contributed by atoms with Gasteiger partial charge in [-0.3, -0.25) is 19.5 Å². The second kappa shape index (κ2) is 6.69. The van der Waals surface area contributed by atoms with Crippen LogP contribution in [0.1, 0.15) is 49.3 Å². The van der Waals surface area contributed by atoms with Crippen molar-refractivity contribution in [3.63, 3.8) is 0 Å². The number of carbonyl (C=O) groups excluding carboxylic acids is 3. The number of fused-ring (bicyclic) bond motifs is 1. The number of benzene rings is 1. The quantitative estimate of drug-likeness (QED) is 0.611. The number of nitrogens with two attached hydrogens (primary N) is 1. The molecule has 1 unspecified atom stereocenters. The summed E-state index contributed by atoms with van der Waals surface area (Å²) in [6.07, 6.45) is -0.930. The smallest absolute Gasteiger partial charge is 0.310 e. The highest BCUT2D eigenvalue weighted by Gasteiger charge is 2.23. The molecule has 1 aromatic carbocycles. The van der Waals surface area contributed by atoms with Crippen LogP contribution in [0.3, 0.4) is 0 Å². The van der Waals surface area contributed by atoms with Crippen LogP contribution in [0.5, 0.6) is 0 Å². The first-order valence-corrected chi connectivity index (χ1v) is 7.30. The van der Waals surface area contributed by atoms with Gasteiger partial charge in [-0.25, -0.2) is 0 Å². The molecule has 0 fully saturated rings. The molecule has 0 bridgehead atoms. The number of hydrogen-bond acceptors (Lipinski definition) is 6. The highest BCUT2D eigenvalue weighted by molar-refractivity contribution is 6.03. The van der Waals surface area contributed by atoms with E-state index in [2.05, 4.69) is 10.2 Å². The highest BCUT2D eigenvalue weighted by atomic mass is 16.6. The van der Waals surface area contributed by atoms with Crippen molar-refractivity contribution in [1.82, 2.24) is 10.2 Å². The van der Waals surface area contributed by atoms with E-state index in [4.69, 9.17) is 15.2 Å². The number of aromatic amines is 1. The molecule has 0 saturated carbocycles. The minimum atomic E-state index is -0.804. The molecule has 2 rings (SSSR count). The molecule has 1 amide bonds. The molecule has 0 aliphatic heterocycles. The third kappa shape index (κ3) is 4.09. The molecule has 3 N–H and O–H groups in total. The van der Waals surface area contributed by atoms with Crippen molar-refractivity contribution in [3.8, 4) is 0 Å². The lowest BCUT2D eigenvalue weighted by atomic mass is 10.0. The molecule has 8 heteroatoms. The highest BCUT2D eigenvalue weighted by Crippen LogP contribution is 2.26. The summed E-state index contributed by atoms with van der Waals surface area (Å²) in [5, 5.41) is 7.09. The van der Waals surface area contributed by atoms with Gasteiger partial charge < -0.3 is 15.2 Å². The summed E-state index contributed by atoms with van der Waals surface area (Å²) in [5.41, 5.74) is 5.85. The SMILES string of the molecule is CC(C)(C)OC(=O)CC(OC=O)c1ccc2c(C(N)=O)n[nH]c2c1. The van der Waals surface area contributed by atoms with Gasteiger partial charge in [-0.1, -0.05) is 6.07 Å². The Morgan fingerprint density at radius 1 is 1.38 bits per heavy atom. The maximum absolute atomic E-state index is 12.0. The molecule has 0 aliphatic carbocycles. The van der Waals surface area contributed by atoms with E-state index >= 15 is 0 Å². The van der Waals surface area contributed by atoms with Gasteiger partial charge in [-0.15, -0.1) is 0 Å². The Hall–Kier alpha value is -2.90. The number of H-pyrrole nitrogens is 1. The number of nitrogens with one attached hydrogen (secondary N) is 1. The van der Waals surface area contributed by atoms with Crippen LogP contribution in [-0.4, -0.2) is 34.1 Å². The fourth-order valence-corrected chi connectivity index (χ4v) is 2.27. The molecular weight excluding hydrogens is 314 g/mol. The first-order chi connectivity index (χ1) is 11.2. The lowest BCUT2D eigenvalue weighted by Gasteiger charge is -2.21. The third-order valence-corrected chi connectivity index (χ3v) is 3.18. The summed E-state index contributed by atoms with van der Waals surface area (Å²) >= 11 is 0. The van der Waals surface area contributed by atoms with E-state index in [1.165, 1.54) is 0 Å². The monoisotopic (exact) mass is 333 g/mol. The molecule has 0 spiro atoms. The van der Waals surface area contributed by atoms with Gasteiger partial charge in [-0.2, -0.15) is 5.10 Å². The number of esters is 1. The Labute approximate surface area is 138 Å². The van der Waals surface area contributed by atoms with Crippen LogP contribution in [0.25, 0.3) is 10.9 Å². The predicted molar refractivity (Wildman–Crippen MR) is 85.0 cm³/mol. The zero-order valence-electron chi connectivity index (χ0n) is 13.7. The Morgan fingerprint density at radius 3 is 2.67 bits per heavy atom. The molecule has 0 radical (unpaired) electrons. The van der Waals surface area contributed by atoms with Crippen LogP contribution < -0.4 is 5.73 Å². The molecular formula is C16H19N3O5. The number of primary amides is 1. The van der Waals surface area contributed by atoms with Gasteiger partial charge in [0, 0.05) is 5.39 Å². The average Bonchev–Trinajstić information content (AvgIpc) is 2.87. The van der Waals surface area contributed by atoms with Gasteiger partial charge in [-0.05, 0) is 38.5 Å². The van der Waals surface area contributed by atoms with Gasteiger partial charge in [0.2, 0.25) is 0 Å². The maximum Gasteiger partial charge on any atom is 0.310 e. The molecule has 8 nitrogen and oxygen atoms in total. The molecule has 0 aliphatic rings. The van der Waals surface area contributed by atoms with Gasteiger partial charge in [0.1, 0.15) is 11.7 Å². The van der Waals surface area contributed by atoms with Crippen LogP contribution in [0.4, 0.5) is 0 Å². The van der Waals surface area contributed by atoms with Crippen molar-refractivity contribution >= 4 is 29.3 Å². The number of nitrogens with zero attached hydrogens (tertiary/aromatic N) is 1. The Kier molecular flexibility index (Phi) is 4.87. The number of hydrogen-bond donors (Lipinski definition) is 2. The van der Waals surface area contributed by atoms with Gasteiger partial charge in [0.15, 0.2) is 5.69 Å². The fraction of sp³-hybridized carbons (Fsp3) is 0.375. The van der Waals surface area contributed by atoms with E-state index < -0.39 is 23.6 Å². The van der Waals surface area contributed by atoms with Crippen molar-refractivity contribution in [2.45, 2.75) is 38.9 Å². The van der Waals surface area contributed by atoms with Crippen molar-refractivity contribution in [3.05, 3.63) is 29.5 Å². The fourth-order valence-electron chi connectivity index (χ4n) is 2.27. The molecule has 2 aromatic rings. The summed E-state index contributed by atoms with van der Waals surface area (Å²) in [4.78, 5) is 34.0. The van der Waals surface area contributed by atoms with Crippen molar-refractivity contribution < 1.29 is 23.9 Å². The van der Waals surface area contributed by atoms with Crippen molar-refractivity contribution in [2.75, 3.05) is 0 Å².